The molecule has 0 amide bonds. The lowest BCUT2D eigenvalue weighted by atomic mass is 9.99. The molecule has 0 aromatic rings. The molecule has 0 rings (SSSR count). The van der Waals surface area contributed by atoms with Crippen LogP contribution in [0.1, 0.15) is 130 Å². The third-order valence-electron chi connectivity index (χ3n) is 7.62. The summed E-state index contributed by atoms with van der Waals surface area (Å²) >= 11 is 0. The zero-order chi connectivity index (χ0) is 26.0. The summed E-state index contributed by atoms with van der Waals surface area (Å²) in [7, 11) is 0. The van der Waals surface area contributed by atoms with Crippen LogP contribution in [0, 0.1) is 0 Å². The van der Waals surface area contributed by atoms with Crippen molar-refractivity contribution >= 4 is 17.9 Å². The number of carbonyl (C=O) groups excluding carboxylic acids is 1. The molecule has 0 saturated heterocycles. The fourth-order valence-corrected chi connectivity index (χ4v) is 5.13. The lowest BCUT2D eigenvalue weighted by Crippen LogP contribution is -2.72. The van der Waals surface area contributed by atoms with Gasteiger partial charge in [0.05, 0.1) is 12.5 Å². The second-order valence-corrected chi connectivity index (χ2v) is 10.0. The lowest BCUT2D eigenvalue weighted by molar-refractivity contribution is -0.969. The van der Waals surface area contributed by atoms with Crippen molar-refractivity contribution in [2.24, 2.45) is 0 Å². The van der Waals surface area contributed by atoms with Crippen molar-refractivity contribution in [3.63, 3.8) is 0 Å². The Labute approximate surface area is 207 Å². The number of carboxylic acid groups (broad SMARTS) is 3. The summed E-state index contributed by atoms with van der Waals surface area (Å²) in [6.45, 7) is 6.59. The maximum Gasteiger partial charge on any atom is 0.362 e. The highest BCUT2D eigenvalue weighted by atomic mass is 16.4. The van der Waals surface area contributed by atoms with Crippen molar-refractivity contribution in [2.75, 3.05) is 6.54 Å². The summed E-state index contributed by atoms with van der Waals surface area (Å²) in [5, 5.41) is 30.8. The Hall–Kier alpha value is -1.63. The fourth-order valence-electron chi connectivity index (χ4n) is 5.13. The molecule has 0 aliphatic heterocycles. The lowest BCUT2D eigenvalue weighted by Gasteiger charge is -2.49. The van der Waals surface area contributed by atoms with Crippen LogP contribution in [0.25, 0.3) is 0 Å². The van der Waals surface area contributed by atoms with Crippen LogP contribution >= 0.6 is 0 Å². The first kappa shape index (κ1) is 32.4. The first-order valence-electron chi connectivity index (χ1n) is 13.7. The Morgan fingerprint density at radius 3 is 1.15 bits per heavy atom. The van der Waals surface area contributed by atoms with E-state index in [0.29, 0.717) is 6.42 Å². The maximum absolute atomic E-state index is 11.7. The molecule has 0 aliphatic carbocycles. The third-order valence-corrected chi connectivity index (χ3v) is 7.62. The maximum atomic E-state index is 11.7. The van der Waals surface area contributed by atoms with Gasteiger partial charge in [0, 0.05) is 0 Å². The predicted molar refractivity (Wildman–Crippen MR) is 133 cm³/mol. The second kappa shape index (κ2) is 18.7. The molecule has 3 unspecified atom stereocenters. The molecule has 0 aromatic carbocycles. The molecular formula is C27H51NO6. The van der Waals surface area contributed by atoms with Crippen molar-refractivity contribution in [3.05, 3.63) is 0 Å². The Morgan fingerprint density at radius 1 is 0.588 bits per heavy atom. The van der Waals surface area contributed by atoms with Crippen LogP contribution in [0.5, 0.6) is 0 Å². The van der Waals surface area contributed by atoms with Crippen molar-refractivity contribution in [1.29, 1.82) is 0 Å². The predicted octanol–water partition coefficient (Wildman–Crippen LogP) is 5.15. The SMILES string of the molecule is CCCCCCCCCCCCCCCCCC[N+](C(C)C(=O)[O-])(C(C)C(=O)O)C(C)C(=O)O. The highest BCUT2D eigenvalue weighted by Gasteiger charge is 2.50. The molecule has 34 heavy (non-hydrogen) atoms. The molecule has 3 atom stereocenters. The topological polar surface area (TPSA) is 115 Å². The van der Waals surface area contributed by atoms with Gasteiger partial charge in [0.1, 0.15) is 6.04 Å². The van der Waals surface area contributed by atoms with E-state index in [-0.39, 0.29) is 6.54 Å². The smallest absolute Gasteiger partial charge is 0.362 e. The largest absolute Gasteiger partial charge is 0.544 e. The van der Waals surface area contributed by atoms with Crippen molar-refractivity contribution in [1.82, 2.24) is 0 Å². The molecule has 0 aliphatic rings. The van der Waals surface area contributed by atoms with E-state index in [1.807, 2.05) is 0 Å². The van der Waals surface area contributed by atoms with Gasteiger partial charge in [0.25, 0.3) is 0 Å². The summed E-state index contributed by atoms with van der Waals surface area (Å²) in [5.74, 6) is -3.81. The number of unbranched alkanes of at least 4 members (excludes halogenated alkanes) is 15. The fraction of sp³-hybridized carbons (Fsp3) is 0.889. The van der Waals surface area contributed by atoms with E-state index in [4.69, 9.17) is 0 Å². The zero-order valence-electron chi connectivity index (χ0n) is 22.2. The van der Waals surface area contributed by atoms with Gasteiger partial charge in [-0.05, 0) is 33.6 Å². The molecule has 0 radical (unpaired) electrons. The normalized spacial score (nSPS) is 15.9. The van der Waals surface area contributed by atoms with Crippen LogP contribution in [0.15, 0.2) is 0 Å². The number of nitrogens with zero attached hydrogens (tertiary/aromatic N) is 1. The summed E-state index contributed by atoms with van der Waals surface area (Å²) < 4.78 is -0.536. The quantitative estimate of drug-likeness (QED) is 0.153. The molecule has 0 aromatic heterocycles. The van der Waals surface area contributed by atoms with Crippen molar-refractivity contribution in [2.45, 2.75) is 149 Å². The van der Waals surface area contributed by atoms with Gasteiger partial charge in [-0.3, -0.25) is 4.48 Å². The Morgan fingerprint density at radius 2 is 0.882 bits per heavy atom. The minimum absolute atomic E-state index is 0.189. The summed E-state index contributed by atoms with van der Waals surface area (Å²) in [6, 6.07) is -3.54. The average Bonchev–Trinajstić information content (AvgIpc) is 2.80. The van der Waals surface area contributed by atoms with Crippen LogP contribution in [-0.4, -0.2) is 57.3 Å². The van der Waals surface area contributed by atoms with E-state index in [1.54, 1.807) is 0 Å². The number of carbonyl (C=O) groups is 3. The average molecular weight is 486 g/mol. The number of hydrogen-bond acceptors (Lipinski definition) is 4. The van der Waals surface area contributed by atoms with Gasteiger partial charge in [-0.15, -0.1) is 0 Å². The van der Waals surface area contributed by atoms with Crippen LogP contribution in [-0.2, 0) is 14.4 Å². The van der Waals surface area contributed by atoms with Gasteiger partial charge in [-0.2, -0.15) is 0 Å². The summed E-state index contributed by atoms with van der Waals surface area (Å²) in [4.78, 5) is 35.2. The van der Waals surface area contributed by atoms with Gasteiger partial charge in [0.15, 0.2) is 12.1 Å². The van der Waals surface area contributed by atoms with E-state index in [9.17, 15) is 29.7 Å². The molecular weight excluding hydrogens is 434 g/mol. The van der Waals surface area contributed by atoms with E-state index in [1.165, 1.54) is 97.8 Å². The highest BCUT2D eigenvalue weighted by molar-refractivity contribution is 5.76. The van der Waals surface area contributed by atoms with E-state index < -0.39 is 40.5 Å². The van der Waals surface area contributed by atoms with Gasteiger partial charge < -0.3 is 20.1 Å². The zero-order valence-corrected chi connectivity index (χ0v) is 22.2. The number of aliphatic carboxylic acids is 3. The summed E-state index contributed by atoms with van der Waals surface area (Å²) in [5.41, 5.74) is 0. The number of hydrogen-bond donors (Lipinski definition) is 2. The van der Waals surface area contributed by atoms with E-state index >= 15 is 0 Å². The molecule has 7 heteroatoms. The number of quaternary nitrogens is 1. The minimum atomic E-state index is -1.42. The van der Waals surface area contributed by atoms with Crippen molar-refractivity contribution < 1.29 is 34.2 Å². The Bertz CT molecular complexity index is 529. The number of carboxylic acids is 3. The van der Waals surface area contributed by atoms with Gasteiger partial charge in [0.2, 0.25) is 0 Å². The van der Waals surface area contributed by atoms with Crippen LogP contribution < -0.4 is 5.11 Å². The molecule has 0 heterocycles. The van der Waals surface area contributed by atoms with Gasteiger partial charge >= 0.3 is 11.9 Å². The molecule has 0 fully saturated rings. The molecule has 0 spiro atoms. The standard InChI is InChI=1S/C27H51NO6/c1-5-6-7-8-9-10-11-12-13-14-15-16-17-18-19-20-21-28(22(2)25(29)30,23(3)26(31)32)24(4)27(33)34/h22-24H,5-21H2,1-4H3,(H2-,29,30,31,32,33,34). The van der Waals surface area contributed by atoms with Crippen LogP contribution in [0.2, 0.25) is 0 Å². The Kier molecular flexibility index (Phi) is 17.8. The minimum Gasteiger partial charge on any atom is -0.544 e. The molecule has 2 N–H and O–H groups in total. The van der Waals surface area contributed by atoms with E-state index in [0.717, 1.165) is 19.3 Å². The molecule has 7 nitrogen and oxygen atoms in total. The highest BCUT2D eigenvalue weighted by Crippen LogP contribution is 2.27. The van der Waals surface area contributed by atoms with Crippen molar-refractivity contribution in [3.8, 4) is 0 Å². The molecule has 0 saturated carbocycles. The number of rotatable bonds is 23. The first-order chi connectivity index (χ1) is 16.1. The van der Waals surface area contributed by atoms with Crippen LogP contribution in [0.4, 0.5) is 0 Å². The third kappa shape index (κ3) is 11.7. The van der Waals surface area contributed by atoms with E-state index in [2.05, 4.69) is 6.92 Å². The molecule has 200 valence electrons. The van der Waals surface area contributed by atoms with Gasteiger partial charge in [-0.25, -0.2) is 9.59 Å². The van der Waals surface area contributed by atoms with Crippen LogP contribution in [0.3, 0.4) is 0 Å². The summed E-state index contributed by atoms with van der Waals surface area (Å²) in [6.07, 6.45) is 19.3. The second-order valence-electron chi connectivity index (χ2n) is 10.0. The first-order valence-corrected chi connectivity index (χ1v) is 13.7. The van der Waals surface area contributed by atoms with Gasteiger partial charge in [-0.1, -0.05) is 96.8 Å². The molecule has 0 bridgehead atoms. The monoisotopic (exact) mass is 485 g/mol. The Balaban J connectivity index is 4.28.